The fraction of sp³-hybridized carbons (Fsp3) is 0.222. The van der Waals surface area contributed by atoms with Crippen molar-refractivity contribution in [1.82, 2.24) is 14.5 Å². The van der Waals surface area contributed by atoms with E-state index < -0.39 is 12.7 Å². The van der Waals surface area contributed by atoms with Gasteiger partial charge in [-0.15, -0.1) is 0 Å². The number of hydrogen-bond acceptors (Lipinski definition) is 5. The highest BCUT2D eigenvalue weighted by Gasteiger charge is 2.28. The summed E-state index contributed by atoms with van der Waals surface area (Å²) in [7, 11) is 1.58. The second-order valence-corrected chi connectivity index (χ2v) is 5.60. The van der Waals surface area contributed by atoms with Crippen LogP contribution in [0.1, 0.15) is 5.82 Å². The molecular weight excluding hydrogens is 361 g/mol. The molecule has 0 atom stereocenters. The van der Waals surface area contributed by atoms with Gasteiger partial charge in [0.2, 0.25) is 5.88 Å². The Morgan fingerprint density at radius 2 is 1.78 bits per heavy atom. The summed E-state index contributed by atoms with van der Waals surface area (Å²) in [5.41, 5.74) is 0.638. The normalized spacial score (nSPS) is 11.3. The molecule has 0 fully saturated rings. The third-order valence-electron chi connectivity index (χ3n) is 3.62. The minimum atomic E-state index is -4.29. The standard InChI is InChI=1S/C18H17F3N4O2/c1-26-14-3-5-15(6-4-14)27-17-7-2-13(10-24-17)23-11-16-22-8-9-25(16)12-18(19,20)21/h2-10,23H,11-12H2,1H3. The van der Waals surface area contributed by atoms with Gasteiger partial charge in [0, 0.05) is 18.5 Å². The first-order valence-corrected chi connectivity index (χ1v) is 8.01. The fourth-order valence-corrected chi connectivity index (χ4v) is 2.34. The Bertz CT molecular complexity index is 862. The first-order chi connectivity index (χ1) is 12.9. The molecule has 142 valence electrons. The number of hydrogen-bond donors (Lipinski definition) is 1. The summed E-state index contributed by atoms with van der Waals surface area (Å²) in [5.74, 6) is 2.01. The summed E-state index contributed by atoms with van der Waals surface area (Å²) in [5, 5.41) is 2.99. The van der Waals surface area contributed by atoms with E-state index in [1.807, 2.05) is 0 Å². The number of imidazole rings is 1. The zero-order valence-corrected chi connectivity index (χ0v) is 14.4. The molecule has 0 aliphatic rings. The van der Waals surface area contributed by atoms with Crippen LogP contribution in [0.5, 0.6) is 17.4 Å². The average molecular weight is 378 g/mol. The van der Waals surface area contributed by atoms with Crippen LogP contribution in [0.2, 0.25) is 0 Å². The Morgan fingerprint density at radius 1 is 1.04 bits per heavy atom. The molecule has 27 heavy (non-hydrogen) atoms. The van der Waals surface area contributed by atoms with Crippen LogP contribution in [0.25, 0.3) is 0 Å². The van der Waals surface area contributed by atoms with Gasteiger partial charge in [-0.2, -0.15) is 13.2 Å². The van der Waals surface area contributed by atoms with Crippen molar-refractivity contribution in [2.24, 2.45) is 0 Å². The largest absolute Gasteiger partial charge is 0.497 e. The van der Waals surface area contributed by atoms with E-state index in [0.29, 0.717) is 17.3 Å². The van der Waals surface area contributed by atoms with E-state index in [1.54, 1.807) is 43.5 Å². The van der Waals surface area contributed by atoms with E-state index in [1.165, 1.54) is 18.6 Å². The number of aromatic nitrogens is 3. The minimum absolute atomic E-state index is 0.142. The Balaban J connectivity index is 1.57. The van der Waals surface area contributed by atoms with Gasteiger partial charge in [0.15, 0.2) is 0 Å². The third-order valence-corrected chi connectivity index (χ3v) is 3.62. The minimum Gasteiger partial charge on any atom is -0.497 e. The Morgan fingerprint density at radius 3 is 2.41 bits per heavy atom. The van der Waals surface area contributed by atoms with Gasteiger partial charge in [0.05, 0.1) is 25.5 Å². The van der Waals surface area contributed by atoms with E-state index in [9.17, 15) is 13.2 Å². The van der Waals surface area contributed by atoms with E-state index in [-0.39, 0.29) is 12.4 Å². The summed E-state index contributed by atoms with van der Waals surface area (Å²) in [6, 6.07) is 10.4. The number of nitrogens with zero attached hydrogens (tertiary/aromatic N) is 3. The molecule has 0 aliphatic carbocycles. The van der Waals surface area contributed by atoms with E-state index in [0.717, 1.165) is 10.3 Å². The summed E-state index contributed by atoms with van der Waals surface area (Å²) < 4.78 is 49.3. The van der Waals surface area contributed by atoms with Gasteiger partial charge in [0.25, 0.3) is 0 Å². The summed E-state index contributed by atoms with van der Waals surface area (Å²) >= 11 is 0. The van der Waals surface area contributed by atoms with Crippen molar-refractivity contribution in [1.29, 1.82) is 0 Å². The molecule has 0 aliphatic heterocycles. The SMILES string of the molecule is COc1ccc(Oc2ccc(NCc3nccn3CC(F)(F)F)cn2)cc1. The predicted octanol–water partition coefficient (Wildman–Crippen LogP) is 4.25. The van der Waals surface area contributed by atoms with E-state index in [4.69, 9.17) is 9.47 Å². The van der Waals surface area contributed by atoms with Gasteiger partial charge in [0.1, 0.15) is 23.9 Å². The second kappa shape index (κ2) is 7.98. The van der Waals surface area contributed by atoms with Crippen LogP contribution < -0.4 is 14.8 Å². The highest BCUT2D eigenvalue weighted by molar-refractivity contribution is 5.43. The van der Waals surface area contributed by atoms with Crippen molar-refractivity contribution >= 4 is 5.69 Å². The molecule has 0 radical (unpaired) electrons. The molecule has 2 aromatic heterocycles. The topological polar surface area (TPSA) is 61.2 Å². The van der Waals surface area contributed by atoms with Gasteiger partial charge >= 0.3 is 6.18 Å². The van der Waals surface area contributed by atoms with Crippen molar-refractivity contribution in [2.45, 2.75) is 19.3 Å². The van der Waals surface area contributed by atoms with Crippen LogP contribution in [0, 0.1) is 0 Å². The van der Waals surface area contributed by atoms with Crippen LogP contribution in [0.15, 0.2) is 55.0 Å². The number of benzene rings is 1. The van der Waals surface area contributed by atoms with Crippen molar-refractivity contribution in [3.63, 3.8) is 0 Å². The zero-order chi connectivity index (χ0) is 19.3. The van der Waals surface area contributed by atoms with Gasteiger partial charge in [-0.25, -0.2) is 9.97 Å². The average Bonchev–Trinajstić information content (AvgIpc) is 3.07. The molecule has 9 heteroatoms. The van der Waals surface area contributed by atoms with Crippen molar-refractivity contribution < 1.29 is 22.6 Å². The molecule has 1 aromatic carbocycles. The predicted molar refractivity (Wildman–Crippen MR) is 92.9 cm³/mol. The highest BCUT2D eigenvalue weighted by Crippen LogP contribution is 2.23. The lowest BCUT2D eigenvalue weighted by Crippen LogP contribution is -2.20. The number of anilines is 1. The van der Waals surface area contributed by atoms with E-state index >= 15 is 0 Å². The maximum atomic E-state index is 12.5. The van der Waals surface area contributed by atoms with Crippen molar-refractivity contribution in [2.75, 3.05) is 12.4 Å². The lowest BCUT2D eigenvalue weighted by molar-refractivity contribution is -0.141. The molecule has 0 spiro atoms. The quantitative estimate of drug-likeness (QED) is 0.666. The summed E-state index contributed by atoms with van der Waals surface area (Å²) in [6.07, 6.45) is -0.116. The highest BCUT2D eigenvalue weighted by atomic mass is 19.4. The monoisotopic (exact) mass is 378 g/mol. The molecular formula is C18H17F3N4O2. The number of alkyl halides is 3. The lowest BCUT2D eigenvalue weighted by atomic mass is 10.3. The van der Waals surface area contributed by atoms with Gasteiger partial charge < -0.3 is 19.4 Å². The smallest absolute Gasteiger partial charge is 0.406 e. The van der Waals surface area contributed by atoms with Crippen LogP contribution in [0.4, 0.5) is 18.9 Å². The molecule has 1 N–H and O–H groups in total. The molecule has 0 amide bonds. The van der Waals surface area contributed by atoms with Crippen LogP contribution >= 0.6 is 0 Å². The van der Waals surface area contributed by atoms with E-state index in [2.05, 4.69) is 15.3 Å². The van der Waals surface area contributed by atoms with Gasteiger partial charge in [-0.1, -0.05) is 0 Å². The Hall–Kier alpha value is -3.23. The molecule has 0 unspecified atom stereocenters. The summed E-state index contributed by atoms with van der Waals surface area (Å²) in [6.45, 7) is -0.930. The molecule has 3 rings (SSSR count). The number of ether oxygens (including phenoxy) is 2. The van der Waals surface area contributed by atoms with Crippen molar-refractivity contribution in [3.8, 4) is 17.4 Å². The first-order valence-electron chi connectivity index (χ1n) is 8.01. The first kappa shape index (κ1) is 18.6. The van der Waals surface area contributed by atoms with Crippen LogP contribution in [-0.2, 0) is 13.1 Å². The number of nitrogens with one attached hydrogen (secondary N) is 1. The number of methoxy groups -OCH3 is 1. The molecule has 0 saturated carbocycles. The Kier molecular flexibility index (Phi) is 5.49. The molecule has 3 aromatic rings. The number of rotatable bonds is 7. The lowest BCUT2D eigenvalue weighted by Gasteiger charge is -2.12. The summed E-state index contributed by atoms with van der Waals surface area (Å²) in [4.78, 5) is 8.12. The van der Waals surface area contributed by atoms with Gasteiger partial charge in [-0.3, -0.25) is 0 Å². The molecule has 2 heterocycles. The number of pyridine rings is 1. The molecule has 6 nitrogen and oxygen atoms in total. The maximum absolute atomic E-state index is 12.5. The molecule has 0 bridgehead atoms. The maximum Gasteiger partial charge on any atom is 0.406 e. The molecule has 0 saturated heterocycles. The zero-order valence-electron chi connectivity index (χ0n) is 14.4. The number of halogens is 3. The van der Waals surface area contributed by atoms with Crippen LogP contribution in [0.3, 0.4) is 0 Å². The second-order valence-electron chi connectivity index (χ2n) is 5.60. The van der Waals surface area contributed by atoms with Crippen molar-refractivity contribution in [3.05, 3.63) is 60.8 Å². The van der Waals surface area contributed by atoms with Gasteiger partial charge in [-0.05, 0) is 30.3 Å². The fourth-order valence-electron chi connectivity index (χ4n) is 2.34. The Labute approximate surface area is 153 Å². The van der Waals surface area contributed by atoms with Crippen LogP contribution in [-0.4, -0.2) is 27.8 Å². The third kappa shape index (κ3) is 5.37.